The van der Waals surface area contributed by atoms with E-state index >= 15 is 0 Å². The van der Waals surface area contributed by atoms with Crippen LogP contribution in [0.15, 0.2) is 29.8 Å². The van der Waals surface area contributed by atoms with Crippen LogP contribution in [0.25, 0.3) is 5.57 Å². The Kier molecular flexibility index (Phi) is 5.90. The molecule has 0 unspecified atom stereocenters. The Morgan fingerprint density at radius 1 is 1.00 bits per heavy atom. The third-order valence-electron chi connectivity index (χ3n) is 2.61. The summed E-state index contributed by atoms with van der Waals surface area (Å²) in [4.78, 5) is 23.8. The molecule has 108 valence electrons. The topological polar surface area (TPSA) is 52.6 Å². The van der Waals surface area contributed by atoms with Gasteiger partial charge in [0.2, 0.25) is 0 Å². The molecular weight excluding hydrogens is 263 g/mol. The number of carbonyl (C=O) groups is 2. The molecule has 0 aliphatic heterocycles. The minimum absolute atomic E-state index is 0.151. The van der Waals surface area contributed by atoms with E-state index in [1.807, 2.05) is 0 Å². The molecule has 0 aliphatic rings. The second-order valence-electron chi connectivity index (χ2n) is 3.95. The molecular formula is C15H17FO4. The molecule has 0 spiro atoms. The number of benzene rings is 1. The first kappa shape index (κ1) is 15.9. The average molecular weight is 280 g/mol. The smallest absolute Gasteiger partial charge is 0.345 e. The van der Waals surface area contributed by atoms with Crippen molar-refractivity contribution in [1.82, 2.24) is 0 Å². The normalized spacial score (nSPS) is 9.80. The summed E-state index contributed by atoms with van der Waals surface area (Å²) in [6.07, 6.45) is 0. The zero-order valence-corrected chi connectivity index (χ0v) is 11.7. The summed E-state index contributed by atoms with van der Waals surface area (Å²) in [5, 5.41) is 0. The van der Waals surface area contributed by atoms with E-state index in [-0.39, 0.29) is 18.8 Å². The maximum atomic E-state index is 12.9. The summed E-state index contributed by atoms with van der Waals surface area (Å²) in [6, 6.07) is 5.49. The van der Waals surface area contributed by atoms with Gasteiger partial charge >= 0.3 is 11.9 Å². The third kappa shape index (κ3) is 3.91. The van der Waals surface area contributed by atoms with Gasteiger partial charge < -0.3 is 9.47 Å². The van der Waals surface area contributed by atoms with E-state index in [0.29, 0.717) is 11.1 Å². The number of hydrogen-bond acceptors (Lipinski definition) is 4. The third-order valence-corrected chi connectivity index (χ3v) is 2.61. The molecule has 0 saturated carbocycles. The fourth-order valence-corrected chi connectivity index (χ4v) is 1.64. The zero-order valence-electron chi connectivity index (χ0n) is 11.7. The highest BCUT2D eigenvalue weighted by Crippen LogP contribution is 2.21. The maximum absolute atomic E-state index is 12.9. The molecule has 5 heteroatoms. The molecule has 0 bridgehead atoms. The Hall–Kier alpha value is -2.17. The van der Waals surface area contributed by atoms with E-state index in [0.717, 1.165) is 0 Å². The number of ether oxygens (including phenoxy) is 2. The molecule has 1 aromatic carbocycles. The first-order valence-electron chi connectivity index (χ1n) is 6.32. The zero-order chi connectivity index (χ0) is 15.1. The van der Waals surface area contributed by atoms with Crippen LogP contribution >= 0.6 is 0 Å². The van der Waals surface area contributed by atoms with Gasteiger partial charge in [0, 0.05) is 0 Å². The van der Waals surface area contributed by atoms with Gasteiger partial charge in [-0.1, -0.05) is 12.1 Å². The van der Waals surface area contributed by atoms with Crippen molar-refractivity contribution in [2.45, 2.75) is 20.8 Å². The molecule has 20 heavy (non-hydrogen) atoms. The average Bonchev–Trinajstić information content (AvgIpc) is 2.40. The molecule has 0 radical (unpaired) electrons. The summed E-state index contributed by atoms with van der Waals surface area (Å²) in [7, 11) is 0. The molecule has 0 saturated heterocycles. The Bertz CT molecular complexity index is 497. The first-order chi connectivity index (χ1) is 9.51. The van der Waals surface area contributed by atoms with Crippen LogP contribution in [0.5, 0.6) is 0 Å². The molecule has 0 amide bonds. The van der Waals surface area contributed by atoms with Crippen molar-refractivity contribution < 1.29 is 23.5 Å². The molecule has 0 N–H and O–H groups in total. The standard InChI is InChI=1S/C15H17FO4/c1-4-19-14(17)13(15(18)20-5-2)10(3)11-6-8-12(16)9-7-11/h6-9H,4-5H2,1-3H3. The van der Waals surface area contributed by atoms with Crippen LogP contribution in [0.2, 0.25) is 0 Å². The summed E-state index contributed by atoms with van der Waals surface area (Å²) in [6.45, 7) is 5.19. The number of carbonyl (C=O) groups excluding carboxylic acids is 2. The van der Waals surface area contributed by atoms with Gasteiger partial charge in [-0.25, -0.2) is 14.0 Å². The van der Waals surface area contributed by atoms with E-state index in [1.165, 1.54) is 24.3 Å². The van der Waals surface area contributed by atoms with E-state index in [2.05, 4.69) is 0 Å². The highest BCUT2D eigenvalue weighted by Gasteiger charge is 2.24. The van der Waals surface area contributed by atoms with Crippen LogP contribution in [-0.2, 0) is 19.1 Å². The molecule has 0 heterocycles. The van der Waals surface area contributed by atoms with E-state index < -0.39 is 17.8 Å². The van der Waals surface area contributed by atoms with Crippen molar-refractivity contribution in [3.63, 3.8) is 0 Å². The van der Waals surface area contributed by atoms with Gasteiger partial charge in [0.1, 0.15) is 11.4 Å². The van der Waals surface area contributed by atoms with E-state index in [9.17, 15) is 14.0 Å². The van der Waals surface area contributed by atoms with Crippen molar-refractivity contribution in [3.8, 4) is 0 Å². The number of halogens is 1. The lowest BCUT2D eigenvalue weighted by atomic mass is 10.0. The van der Waals surface area contributed by atoms with Gasteiger partial charge in [0.15, 0.2) is 0 Å². The predicted molar refractivity (Wildman–Crippen MR) is 72.3 cm³/mol. The minimum Gasteiger partial charge on any atom is -0.462 e. The Morgan fingerprint density at radius 3 is 1.85 bits per heavy atom. The second kappa shape index (κ2) is 7.43. The Balaban J connectivity index is 3.24. The maximum Gasteiger partial charge on any atom is 0.345 e. The highest BCUT2D eigenvalue weighted by molar-refractivity contribution is 6.19. The first-order valence-corrected chi connectivity index (χ1v) is 6.32. The molecule has 1 rings (SSSR count). The van der Waals surface area contributed by atoms with Crippen molar-refractivity contribution in [1.29, 1.82) is 0 Å². The summed E-state index contributed by atoms with van der Waals surface area (Å²) >= 11 is 0. The fourth-order valence-electron chi connectivity index (χ4n) is 1.64. The largest absolute Gasteiger partial charge is 0.462 e. The quantitative estimate of drug-likeness (QED) is 0.360. The van der Waals surface area contributed by atoms with Crippen LogP contribution < -0.4 is 0 Å². The highest BCUT2D eigenvalue weighted by atomic mass is 19.1. The van der Waals surface area contributed by atoms with Crippen molar-refractivity contribution >= 4 is 17.5 Å². The monoisotopic (exact) mass is 280 g/mol. The molecule has 0 aromatic heterocycles. The van der Waals surface area contributed by atoms with Gasteiger partial charge in [0.25, 0.3) is 0 Å². The van der Waals surface area contributed by atoms with Crippen molar-refractivity contribution in [3.05, 3.63) is 41.2 Å². The molecule has 0 aliphatic carbocycles. The minimum atomic E-state index is -0.743. The number of hydrogen-bond donors (Lipinski definition) is 0. The van der Waals surface area contributed by atoms with Gasteiger partial charge in [-0.05, 0) is 44.0 Å². The number of rotatable bonds is 5. The van der Waals surface area contributed by atoms with Crippen molar-refractivity contribution in [2.24, 2.45) is 0 Å². The lowest BCUT2D eigenvalue weighted by Gasteiger charge is -2.10. The van der Waals surface area contributed by atoms with Crippen LogP contribution in [0.4, 0.5) is 4.39 Å². The predicted octanol–water partition coefficient (Wildman–Crippen LogP) is 2.73. The lowest BCUT2D eigenvalue weighted by Crippen LogP contribution is -2.19. The van der Waals surface area contributed by atoms with Crippen LogP contribution in [0.3, 0.4) is 0 Å². The summed E-state index contributed by atoms with van der Waals surface area (Å²) in [5.74, 6) is -1.88. The molecule has 4 nitrogen and oxygen atoms in total. The molecule has 1 aromatic rings. The Labute approximate surface area is 117 Å². The second-order valence-corrected chi connectivity index (χ2v) is 3.95. The summed E-state index contributed by atoms with van der Waals surface area (Å²) < 4.78 is 22.6. The number of esters is 2. The number of allylic oxidation sites excluding steroid dienone is 1. The van der Waals surface area contributed by atoms with E-state index in [4.69, 9.17) is 9.47 Å². The van der Waals surface area contributed by atoms with Gasteiger partial charge in [-0.3, -0.25) is 0 Å². The lowest BCUT2D eigenvalue weighted by molar-refractivity contribution is -0.146. The SMILES string of the molecule is CCOC(=O)C(C(=O)OCC)=C(C)c1ccc(F)cc1. The van der Waals surface area contributed by atoms with E-state index in [1.54, 1.807) is 20.8 Å². The van der Waals surface area contributed by atoms with Crippen LogP contribution in [0, 0.1) is 5.82 Å². The van der Waals surface area contributed by atoms with Crippen LogP contribution in [-0.4, -0.2) is 25.2 Å². The van der Waals surface area contributed by atoms with Crippen LogP contribution in [0.1, 0.15) is 26.3 Å². The van der Waals surface area contributed by atoms with Gasteiger partial charge in [-0.15, -0.1) is 0 Å². The summed E-state index contributed by atoms with van der Waals surface area (Å²) in [5.41, 5.74) is 0.782. The van der Waals surface area contributed by atoms with Gasteiger partial charge in [-0.2, -0.15) is 0 Å². The molecule has 0 atom stereocenters. The molecule has 0 fully saturated rings. The van der Waals surface area contributed by atoms with Crippen molar-refractivity contribution in [2.75, 3.05) is 13.2 Å². The fraction of sp³-hybridized carbons (Fsp3) is 0.333. The Morgan fingerprint density at radius 2 is 1.45 bits per heavy atom. The van der Waals surface area contributed by atoms with Gasteiger partial charge in [0.05, 0.1) is 13.2 Å².